The summed E-state index contributed by atoms with van der Waals surface area (Å²) in [5, 5.41) is 1.00. The highest BCUT2D eigenvalue weighted by Crippen LogP contribution is 2.39. The lowest BCUT2D eigenvalue weighted by molar-refractivity contribution is -0.122. The summed E-state index contributed by atoms with van der Waals surface area (Å²) >= 11 is 7.87. The molecule has 8 heteroatoms. The molecule has 1 saturated heterocycles. The van der Waals surface area contributed by atoms with Crippen molar-refractivity contribution >= 4 is 46.2 Å². The second-order valence-corrected chi connectivity index (χ2v) is 9.01. The molecule has 0 unspecified atom stereocenters. The molecule has 0 aliphatic carbocycles. The summed E-state index contributed by atoms with van der Waals surface area (Å²) in [4.78, 5) is 20.0. The number of ether oxygens (including phenoxy) is 3. The van der Waals surface area contributed by atoms with Crippen LogP contribution in [0.5, 0.6) is 11.5 Å². The van der Waals surface area contributed by atoms with Crippen LogP contribution in [0.3, 0.4) is 0 Å². The van der Waals surface area contributed by atoms with E-state index in [1.807, 2.05) is 60.7 Å². The molecule has 1 heterocycles. The third kappa shape index (κ3) is 6.25. The molecule has 0 radical (unpaired) electrons. The van der Waals surface area contributed by atoms with E-state index in [1.165, 1.54) is 11.8 Å². The lowest BCUT2D eigenvalue weighted by Crippen LogP contribution is -2.32. The van der Waals surface area contributed by atoms with Gasteiger partial charge in [0.05, 0.1) is 35.9 Å². The van der Waals surface area contributed by atoms with Crippen LogP contribution in [0.25, 0.3) is 6.08 Å². The van der Waals surface area contributed by atoms with Crippen LogP contribution in [-0.4, -0.2) is 43.3 Å². The van der Waals surface area contributed by atoms with Gasteiger partial charge in [0.1, 0.15) is 6.61 Å². The molecule has 4 rings (SSSR count). The fraction of sp³-hybridized carbons (Fsp3) is 0.185. The minimum Gasteiger partial charge on any atom is -0.493 e. The number of aliphatic imine (C=N–C) groups is 1. The number of amides is 1. The summed E-state index contributed by atoms with van der Waals surface area (Å²) in [6.07, 6.45) is 1.79. The van der Waals surface area contributed by atoms with Gasteiger partial charge < -0.3 is 14.2 Å². The molecule has 35 heavy (non-hydrogen) atoms. The highest BCUT2D eigenvalue weighted by molar-refractivity contribution is 8.18. The second kappa shape index (κ2) is 11.9. The number of carbonyl (C=O) groups is 1. The number of carbonyl (C=O) groups excluding carboxylic acids is 1. The summed E-state index contributed by atoms with van der Waals surface area (Å²) in [5.41, 5.74) is 2.52. The van der Waals surface area contributed by atoms with Crippen LogP contribution in [0.1, 0.15) is 11.1 Å². The van der Waals surface area contributed by atoms with Crippen LogP contribution in [0.4, 0.5) is 5.69 Å². The van der Waals surface area contributed by atoms with E-state index in [4.69, 9.17) is 25.8 Å². The van der Waals surface area contributed by atoms with Gasteiger partial charge in [0.2, 0.25) is 0 Å². The first-order valence-electron chi connectivity index (χ1n) is 11.0. The predicted molar refractivity (Wildman–Crippen MR) is 141 cm³/mol. The van der Waals surface area contributed by atoms with Crippen LogP contribution in [0.15, 0.2) is 82.7 Å². The largest absolute Gasteiger partial charge is 0.493 e. The van der Waals surface area contributed by atoms with Crippen molar-refractivity contribution in [1.29, 1.82) is 0 Å². The van der Waals surface area contributed by atoms with Gasteiger partial charge in [-0.15, -0.1) is 0 Å². The minimum atomic E-state index is -0.138. The Balaban J connectivity index is 1.60. The normalized spacial score (nSPS) is 15.7. The van der Waals surface area contributed by atoms with E-state index in [-0.39, 0.29) is 5.91 Å². The number of hydrogen-bond acceptors (Lipinski definition) is 6. The van der Waals surface area contributed by atoms with Crippen molar-refractivity contribution in [1.82, 2.24) is 4.90 Å². The maximum atomic E-state index is 13.2. The van der Waals surface area contributed by atoms with Crippen molar-refractivity contribution in [3.05, 3.63) is 93.9 Å². The lowest BCUT2D eigenvalue weighted by Gasteiger charge is -2.14. The van der Waals surface area contributed by atoms with Crippen molar-refractivity contribution in [2.45, 2.75) is 6.61 Å². The third-order valence-corrected chi connectivity index (χ3v) is 6.45. The molecule has 1 fully saturated rings. The van der Waals surface area contributed by atoms with Gasteiger partial charge in [0.25, 0.3) is 5.91 Å². The SMILES string of the molecule is COCCN1C(=O)/C(=C/c2cc(Cl)c(OCc3ccccc3)c(OC)c2)SC1=Nc1ccccc1. The molecule has 6 nitrogen and oxygen atoms in total. The molecule has 180 valence electrons. The highest BCUT2D eigenvalue weighted by atomic mass is 35.5. The monoisotopic (exact) mass is 508 g/mol. The van der Waals surface area contributed by atoms with E-state index in [1.54, 1.807) is 37.3 Å². The zero-order valence-electron chi connectivity index (χ0n) is 19.4. The fourth-order valence-electron chi connectivity index (χ4n) is 3.43. The van der Waals surface area contributed by atoms with E-state index >= 15 is 0 Å². The number of rotatable bonds is 9. The molecule has 1 aliphatic rings. The first-order chi connectivity index (χ1) is 17.1. The number of amidine groups is 1. The highest BCUT2D eigenvalue weighted by Gasteiger charge is 2.33. The van der Waals surface area contributed by atoms with Crippen molar-refractivity contribution in [3.63, 3.8) is 0 Å². The van der Waals surface area contributed by atoms with Crippen molar-refractivity contribution in [3.8, 4) is 11.5 Å². The Hall–Kier alpha value is -3.26. The predicted octanol–water partition coefficient (Wildman–Crippen LogP) is 6.18. The zero-order chi connectivity index (χ0) is 24.6. The van der Waals surface area contributed by atoms with E-state index in [9.17, 15) is 4.79 Å². The number of methoxy groups -OCH3 is 2. The summed E-state index contributed by atoms with van der Waals surface area (Å²) in [6, 6.07) is 22.9. The number of nitrogens with zero attached hydrogens (tertiary/aromatic N) is 2. The molecule has 0 spiro atoms. The van der Waals surface area contributed by atoms with Gasteiger partial charge >= 0.3 is 0 Å². The Labute approximate surface area is 214 Å². The molecule has 1 aliphatic heterocycles. The molecule has 3 aromatic carbocycles. The van der Waals surface area contributed by atoms with Crippen molar-refractivity contribution in [2.24, 2.45) is 4.99 Å². The Kier molecular flexibility index (Phi) is 8.47. The Morgan fingerprint density at radius 3 is 2.43 bits per heavy atom. The van der Waals surface area contributed by atoms with Gasteiger partial charge in [-0.1, -0.05) is 60.1 Å². The Bertz CT molecular complexity index is 1230. The lowest BCUT2D eigenvalue weighted by atomic mass is 10.1. The average molecular weight is 509 g/mol. The smallest absolute Gasteiger partial charge is 0.266 e. The Morgan fingerprint density at radius 1 is 1.03 bits per heavy atom. The number of benzene rings is 3. The van der Waals surface area contributed by atoms with Gasteiger partial charge in [0.15, 0.2) is 16.7 Å². The van der Waals surface area contributed by atoms with Crippen LogP contribution in [0.2, 0.25) is 5.02 Å². The summed E-state index contributed by atoms with van der Waals surface area (Å²) in [7, 11) is 3.17. The van der Waals surface area contributed by atoms with Gasteiger partial charge in [-0.05, 0) is 53.2 Å². The minimum absolute atomic E-state index is 0.138. The molecular weight excluding hydrogens is 484 g/mol. The number of hydrogen-bond donors (Lipinski definition) is 0. The maximum Gasteiger partial charge on any atom is 0.266 e. The number of thioether (sulfide) groups is 1. The van der Waals surface area contributed by atoms with E-state index in [0.717, 1.165) is 16.8 Å². The van der Waals surface area contributed by atoms with Crippen molar-refractivity contribution in [2.75, 3.05) is 27.4 Å². The van der Waals surface area contributed by atoms with Crippen molar-refractivity contribution < 1.29 is 19.0 Å². The zero-order valence-corrected chi connectivity index (χ0v) is 21.0. The van der Waals surface area contributed by atoms with Gasteiger partial charge in [-0.3, -0.25) is 9.69 Å². The van der Waals surface area contributed by atoms with Crippen LogP contribution in [-0.2, 0) is 16.1 Å². The van der Waals surface area contributed by atoms with E-state index < -0.39 is 0 Å². The quantitative estimate of drug-likeness (QED) is 0.323. The average Bonchev–Trinajstić information content (AvgIpc) is 3.16. The first kappa shape index (κ1) is 24.9. The summed E-state index contributed by atoms with van der Waals surface area (Å²) in [6.45, 7) is 1.17. The second-order valence-electron chi connectivity index (χ2n) is 7.60. The van der Waals surface area contributed by atoms with E-state index in [2.05, 4.69) is 4.99 Å². The molecule has 0 atom stereocenters. The maximum absolute atomic E-state index is 13.2. The first-order valence-corrected chi connectivity index (χ1v) is 12.2. The Morgan fingerprint density at radius 2 is 1.74 bits per heavy atom. The topological polar surface area (TPSA) is 60.4 Å². The van der Waals surface area contributed by atoms with Gasteiger partial charge in [0, 0.05) is 7.11 Å². The fourth-order valence-corrected chi connectivity index (χ4v) is 4.73. The van der Waals surface area contributed by atoms with Crippen LogP contribution in [0, 0.1) is 0 Å². The molecule has 3 aromatic rings. The molecule has 0 saturated carbocycles. The van der Waals surface area contributed by atoms with Crippen LogP contribution >= 0.6 is 23.4 Å². The standard InChI is InChI=1S/C27H25ClN2O4S/c1-32-14-13-30-26(31)24(35-27(30)29-21-11-7-4-8-12-21)17-20-15-22(28)25(23(16-20)33-2)34-18-19-9-5-3-6-10-19/h3-12,15-17H,13-14,18H2,1-2H3/b24-17-,29-27?. The molecule has 0 aromatic heterocycles. The summed E-state index contributed by atoms with van der Waals surface area (Å²) in [5.74, 6) is 0.810. The van der Waals surface area contributed by atoms with Gasteiger partial charge in [-0.25, -0.2) is 4.99 Å². The molecule has 0 N–H and O–H groups in total. The van der Waals surface area contributed by atoms with Gasteiger partial charge in [-0.2, -0.15) is 0 Å². The number of halogens is 1. The third-order valence-electron chi connectivity index (χ3n) is 5.16. The number of para-hydroxylation sites is 1. The molecule has 1 amide bonds. The summed E-state index contributed by atoms with van der Waals surface area (Å²) < 4.78 is 16.7. The van der Waals surface area contributed by atoms with E-state index in [0.29, 0.717) is 46.4 Å². The molecule has 0 bridgehead atoms. The molecular formula is C27H25ClN2O4S. The van der Waals surface area contributed by atoms with Crippen LogP contribution < -0.4 is 9.47 Å².